The zero-order chi connectivity index (χ0) is 14.5. The van der Waals surface area contributed by atoms with Gasteiger partial charge in [0.05, 0.1) is 12.7 Å². The van der Waals surface area contributed by atoms with Gasteiger partial charge in [0.15, 0.2) is 0 Å². The highest BCUT2D eigenvalue weighted by Gasteiger charge is 2.10. The molecule has 0 amide bonds. The van der Waals surface area contributed by atoms with Crippen LogP contribution >= 0.6 is 11.8 Å². The van der Waals surface area contributed by atoms with Gasteiger partial charge in [-0.2, -0.15) is 0 Å². The molecule has 0 aliphatic carbocycles. The summed E-state index contributed by atoms with van der Waals surface area (Å²) in [6.45, 7) is 0. The number of hydrogen-bond acceptors (Lipinski definition) is 3. The third kappa shape index (κ3) is 3.51. The number of carboxylic acids is 1. The Morgan fingerprint density at radius 3 is 2.75 bits per heavy atom. The molecule has 0 bridgehead atoms. The molecule has 0 fully saturated rings. The van der Waals surface area contributed by atoms with E-state index in [0.29, 0.717) is 5.75 Å². The molecule has 0 aliphatic heterocycles. The van der Waals surface area contributed by atoms with Gasteiger partial charge in [-0.05, 0) is 35.9 Å². The predicted molar refractivity (Wildman–Crippen MR) is 75.9 cm³/mol. The Bertz CT molecular complexity index is 628. The third-order valence-electron chi connectivity index (χ3n) is 2.71. The van der Waals surface area contributed by atoms with Crippen LogP contribution in [0, 0.1) is 5.82 Å². The molecule has 2 rings (SSSR count). The van der Waals surface area contributed by atoms with Crippen molar-refractivity contribution in [2.75, 3.05) is 7.11 Å². The molecule has 0 atom stereocenters. The lowest BCUT2D eigenvalue weighted by atomic mass is 10.1. The maximum atomic E-state index is 13.5. The molecule has 0 saturated heterocycles. The van der Waals surface area contributed by atoms with Gasteiger partial charge in [-0.3, -0.25) is 0 Å². The van der Waals surface area contributed by atoms with E-state index in [0.717, 1.165) is 16.2 Å². The Kier molecular flexibility index (Phi) is 4.63. The summed E-state index contributed by atoms with van der Waals surface area (Å²) in [5.41, 5.74) is 0.431. The van der Waals surface area contributed by atoms with Crippen LogP contribution in [0.3, 0.4) is 0 Å². The fourth-order valence-electron chi connectivity index (χ4n) is 1.68. The summed E-state index contributed by atoms with van der Waals surface area (Å²) in [5.74, 6) is -0.637. The van der Waals surface area contributed by atoms with E-state index < -0.39 is 11.8 Å². The maximum Gasteiger partial charge on any atom is 0.338 e. The molecule has 0 heterocycles. The second-order valence-corrected chi connectivity index (χ2v) is 5.14. The Labute approximate surface area is 120 Å². The number of thioether (sulfide) groups is 1. The van der Waals surface area contributed by atoms with Crippen molar-refractivity contribution in [1.29, 1.82) is 0 Å². The first-order valence-corrected chi connectivity index (χ1v) is 6.87. The lowest BCUT2D eigenvalue weighted by Gasteiger charge is -2.05. The van der Waals surface area contributed by atoms with Gasteiger partial charge in [-0.15, -0.1) is 11.8 Å². The third-order valence-corrected chi connectivity index (χ3v) is 3.78. The molecule has 0 radical (unpaired) electrons. The lowest BCUT2D eigenvalue weighted by molar-refractivity contribution is 0.0692. The highest BCUT2D eigenvalue weighted by atomic mass is 32.2. The number of carbonyl (C=O) groups is 1. The van der Waals surface area contributed by atoms with Gasteiger partial charge < -0.3 is 9.84 Å². The normalized spacial score (nSPS) is 10.3. The smallest absolute Gasteiger partial charge is 0.338 e. The number of halogens is 1. The van der Waals surface area contributed by atoms with E-state index in [2.05, 4.69) is 0 Å². The fraction of sp³-hybridized carbons (Fsp3) is 0.133. The van der Waals surface area contributed by atoms with Crippen molar-refractivity contribution in [3.05, 3.63) is 59.4 Å². The number of methoxy groups -OCH3 is 1. The summed E-state index contributed by atoms with van der Waals surface area (Å²) in [4.78, 5) is 11.7. The number of aromatic carboxylic acids is 1. The van der Waals surface area contributed by atoms with Crippen molar-refractivity contribution in [2.45, 2.75) is 10.6 Å². The summed E-state index contributed by atoms with van der Waals surface area (Å²) in [6.07, 6.45) is 0. The average Bonchev–Trinajstić information content (AvgIpc) is 2.45. The van der Waals surface area contributed by atoms with E-state index in [1.54, 1.807) is 13.2 Å². The van der Waals surface area contributed by atoms with E-state index in [1.165, 1.54) is 23.9 Å². The monoisotopic (exact) mass is 292 g/mol. The van der Waals surface area contributed by atoms with Crippen LogP contribution in [0.2, 0.25) is 0 Å². The van der Waals surface area contributed by atoms with Crippen molar-refractivity contribution >= 4 is 17.7 Å². The standard InChI is InChI=1S/C15H13FO3S/c1-19-11-3-2-4-12(8-11)20-9-10-5-6-13(15(17)18)14(16)7-10/h2-8H,9H2,1H3,(H,17,18). The Morgan fingerprint density at radius 1 is 1.30 bits per heavy atom. The largest absolute Gasteiger partial charge is 0.497 e. The van der Waals surface area contributed by atoms with Crippen molar-refractivity contribution in [2.24, 2.45) is 0 Å². The lowest BCUT2D eigenvalue weighted by Crippen LogP contribution is -2.00. The number of hydrogen-bond donors (Lipinski definition) is 1. The molecule has 3 nitrogen and oxygen atoms in total. The molecular weight excluding hydrogens is 279 g/mol. The molecule has 20 heavy (non-hydrogen) atoms. The average molecular weight is 292 g/mol. The SMILES string of the molecule is COc1cccc(SCc2ccc(C(=O)O)c(F)c2)c1. The molecule has 1 N–H and O–H groups in total. The van der Waals surface area contributed by atoms with Crippen LogP contribution in [0.4, 0.5) is 4.39 Å². The van der Waals surface area contributed by atoms with Gasteiger partial charge in [0.1, 0.15) is 11.6 Å². The Balaban J connectivity index is 2.07. The van der Waals surface area contributed by atoms with Gasteiger partial charge in [-0.25, -0.2) is 9.18 Å². The minimum Gasteiger partial charge on any atom is -0.497 e. The first-order chi connectivity index (χ1) is 9.60. The molecule has 2 aromatic rings. The number of rotatable bonds is 5. The fourth-order valence-corrected chi connectivity index (χ4v) is 2.57. The molecule has 104 valence electrons. The van der Waals surface area contributed by atoms with E-state index in [-0.39, 0.29) is 5.56 Å². The van der Waals surface area contributed by atoms with E-state index >= 15 is 0 Å². The van der Waals surface area contributed by atoms with Crippen LogP contribution in [-0.4, -0.2) is 18.2 Å². The molecule has 5 heteroatoms. The topological polar surface area (TPSA) is 46.5 Å². The minimum atomic E-state index is -1.26. The van der Waals surface area contributed by atoms with Crippen LogP contribution in [0.15, 0.2) is 47.4 Å². The number of ether oxygens (including phenoxy) is 1. The summed E-state index contributed by atoms with van der Waals surface area (Å²) in [7, 11) is 1.60. The highest BCUT2D eigenvalue weighted by molar-refractivity contribution is 7.98. The molecular formula is C15H13FO3S. The second kappa shape index (κ2) is 6.43. The quantitative estimate of drug-likeness (QED) is 0.851. The van der Waals surface area contributed by atoms with Crippen molar-refractivity contribution < 1.29 is 19.0 Å². The van der Waals surface area contributed by atoms with E-state index in [1.807, 2.05) is 24.3 Å². The summed E-state index contributed by atoms with van der Waals surface area (Å²) in [5, 5.41) is 8.76. The van der Waals surface area contributed by atoms with Crippen LogP contribution in [0.1, 0.15) is 15.9 Å². The molecule has 0 aliphatic rings. The van der Waals surface area contributed by atoms with Gasteiger partial charge in [-0.1, -0.05) is 12.1 Å². The maximum absolute atomic E-state index is 13.5. The molecule has 0 aromatic heterocycles. The molecule has 0 saturated carbocycles. The van der Waals surface area contributed by atoms with E-state index in [4.69, 9.17) is 9.84 Å². The van der Waals surface area contributed by atoms with Gasteiger partial charge in [0, 0.05) is 10.6 Å². The van der Waals surface area contributed by atoms with Gasteiger partial charge >= 0.3 is 5.97 Å². The summed E-state index contributed by atoms with van der Waals surface area (Å²) >= 11 is 1.53. The predicted octanol–water partition coefficient (Wildman–Crippen LogP) is 3.82. The molecule has 0 unspecified atom stereocenters. The zero-order valence-electron chi connectivity index (χ0n) is 10.8. The second-order valence-electron chi connectivity index (χ2n) is 4.09. The first-order valence-electron chi connectivity index (χ1n) is 5.88. The molecule has 0 spiro atoms. The van der Waals surface area contributed by atoms with Crippen LogP contribution < -0.4 is 4.74 Å². The van der Waals surface area contributed by atoms with Crippen molar-refractivity contribution in [1.82, 2.24) is 0 Å². The number of carboxylic acid groups (broad SMARTS) is 1. The minimum absolute atomic E-state index is 0.305. The van der Waals surface area contributed by atoms with Gasteiger partial charge in [0.25, 0.3) is 0 Å². The zero-order valence-corrected chi connectivity index (χ0v) is 11.6. The molecule has 2 aromatic carbocycles. The number of benzene rings is 2. The van der Waals surface area contributed by atoms with Gasteiger partial charge in [0.2, 0.25) is 0 Å². The highest BCUT2D eigenvalue weighted by Crippen LogP contribution is 2.26. The summed E-state index contributed by atoms with van der Waals surface area (Å²) < 4.78 is 18.7. The van der Waals surface area contributed by atoms with Crippen molar-refractivity contribution in [3.63, 3.8) is 0 Å². The van der Waals surface area contributed by atoms with Crippen molar-refractivity contribution in [3.8, 4) is 5.75 Å². The first kappa shape index (κ1) is 14.4. The van der Waals surface area contributed by atoms with Crippen LogP contribution in [0.25, 0.3) is 0 Å². The Hall–Kier alpha value is -2.01. The Morgan fingerprint density at radius 2 is 2.10 bits per heavy atom. The summed E-state index contributed by atoms with van der Waals surface area (Å²) in [6, 6.07) is 11.7. The van der Waals surface area contributed by atoms with E-state index in [9.17, 15) is 9.18 Å². The van der Waals surface area contributed by atoms with Crippen LogP contribution in [-0.2, 0) is 5.75 Å². The van der Waals surface area contributed by atoms with Crippen LogP contribution in [0.5, 0.6) is 5.75 Å².